The number of hydrogen-bond donors (Lipinski definition) is 1. The van der Waals surface area contributed by atoms with Crippen LogP contribution in [0.15, 0.2) is 36.9 Å². The second-order valence-corrected chi connectivity index (χ2v) is 3.32. The average Bonchev–Trinajstić information content (AvgIpc) is 2.26. The van der Waals surface area contributed by atoms with Crippen LogP contribution >= 0.6 is 0 Å². The number of rotatable bonds is 5. The van der Waals surface area contributed by atoms with Gasteiger partial charge in [0.05, 0.1) is 4.92 Å². The van der Waals surface area contributed by atoms with Crippen molar-refractivity contribution in [2.75, 3.05) is 0 Å². The molecule has 0 heterocycles. The molecule has 0 aliphatic rings. The van der Waals surface area contributed by atoms with E-state index in [9.17, 15) is 10.1 Å². The second kappa shape index (κ2) is 5.26. The molecule has 80 valence electrons. The first kappa shape index (κ1) is 11.4. The molecule has 1 aromatic carbocycles. The van der Waals surface area contributed by atoms with Crippen LogP contribution in [0.4, 0.5) is 5.69 Å². The highest BCUT2D eigenvalue weighted by atomic mass is 16.6. The third-order valence-corrected chi connectivity index (χ3v) is 2.19. The Balaban J connectivity index is 2.80. The Morgan fingerprint density at radius 1 is 1.60 bits per heavy atom. The van der Waals surface area contributed by atoms with E-state index < -0.39 is 4.92 Å². The molecule has 1 atom stereocenters. The molecule has 0 bridgehead atoms. The van der Waals surface area contributed by atoms with Gasteiger partial charge in [0.15, 0.2) is 0 Å². The Morgan fingerprint density at radius 2 is 2.33 bits per heavy atom. The normalized spacial score (nSPS) is 12.1. The predicted molar refractivity (Wildman–Crippen MR) is 59.5 cm³/mol. The van der Waals surface area contributed by atoms with Crippen molar-refractivity contribution >= 4 is 5.69 Å². The Morgan fingerprint density at radius 3 is 2.93 bits per heavy atom. The van der Waals surface area contributed by atoms with E-state index in [4.69, 9.17) is 5.73 Å². The fourth-order valence-electron chi connectivity index (χ4n) is 1.33. The monoisotopic (exact) mass is 206 g/mol. The topological polar surface area (TPSA) is 69.2 Å². The number of benzene rings is 1. The third kappa shape index (κ3) is 3.18. The van der Waals surface area contributed by atoms with Gasteiger partial charge in [-0.2, -0.15) is 0 Å². The Kier molecular flexibility index (Phi) is 4.00. The lowest BCUT2D eigenvalue weighted by atomic mass is 10.0. The molecule has 0 amide bonds. The summed E-state index contributed by atoms with van der Waals surface area (Å²) in [5.41, 5.74) is 6.76. The molecule has 2 N–H and O–H groups in total. The molecule has 0 radical (unpaired) electrons. The van der Waals surface area contributed by atoms with E-state index in [1.165, 1.54) is 12.1 Å². The molecule has 0 saturated carbocycles. The fourth-order valence-corrected chi connectivity index (χ4v) is 1.33. The summed E-state index contributed by atoms with van der Waals surface area (Å²) in [5, 5.41) is 10.5. The average molecular weight is 206 g/mol. The third-order valence-electron chi connectivity index (χ3n) is 2.19. The van der Waals surface area contributed by atoms with Crippen molar-refractivity contribution in [3.05, 3.63) is 52.6 Å². The molecule has 15 heavy (non-hydrogen) atoms. The predicted octanol–water partition coefficient (Wildman–Crippen LogP) is 2.56. The lowest BCUT2D eigenvalue weighted by molar-refractivity contribution is -0.384. The number of non-ortho nitro benzene ring substituents is 1. The van der Waals surface area contributed by atoms with Gasteiger partial charge in [-0.15, -0.1) is 6.58 Å². The number of allylic oxidation sites excluding steroid dienone is 1. The molecular formula is C11H14N2O2. The zero-order valence-corrected chi connectivity index (χ0v) is 8.43. The lowest BCUT2D eigenvalue weighted by Gasteiger charge is -2.09. The minimum Gasteiger partial charge on any atom is -0.324 e. The maximum Gasteiger partial charge on any atom is 0.269 e. The minimum absolute atomic E-state index is 0.0848. The number of nitro benzene ring substituents is 1. The first-order chi connectivity index (χ1) is 7.15. The number of nitrogens with zero attached hydrogens (tertiary/aromatic N) is 1. The Bertz CT molecular complexity index is 363. The van der Waals surface area contributed by atoms with Crippen LogP contribution in [-0.4, -0.2) is 4.92 Å². The quantitative estimate of drug-likeness (QED) is 0.457. The van der Waals surface area contributed by atoms with Gasteiger partial charge in [-0.1, -0.05) is 18.2 Å². The van der Waals surface area contributed by atoms with Gasteiger partial charge in [0.25, 0.3) is 5.69 Å². The second-order valence-electron chi connectivity index (χ2n) is 3.32. The molecule has 0 aliphatic carbocycles. The van der Waals surface area contributed by atoms with Crippen LogP contribution in [0.3, 0.4) is 0 Å². The van der Waals surface area contributed by atoms with Gasteiger partial charge >= 0.3 is 0 Å². The van der Waals surface area contributed by atoms with Crippen molar-refractivity contribution < 1.29 is 4.92 Å². The highest BCUT2D eigenvalue weighted by Gasteiger charge is 2.10. The SMILES string of the molecule is C=CCC[C@@H](N)c1cccc([N+](=O)[O-])c1. The summed E-state index contributed by atoms with van der Waals surface area (Å²) in [6.07, 6.45) is 3.35. The summed E-state index contributed by atoms with van der Waals surface area (Å²) in [6.45, 7) is 3.61. The summed E-state index contributed by atoms with van der Waals surface area (Å²) in [7, 11) is 0. The van der Waals surface area contributed by atoms with Crippen molar-refractivity contribution in [2.45, 2.75) is 18.9 Å². The van der Waals surface area contributed by atoms with Gasteiger partial charge in [0.1, 0.15) is 0 Å². The molecule has 0 aliphatic heterocycles. The molecule has 4 nitrogen and oxygen atoms in total. The summed E-state index contributed by atoms with van der Waals surface area (Å²) < 4.78 is 0. The van der Waals surface area contributed by atoms with Crippen LogP contribution < -0.4 is 5.73 Å². The molecule has 0 unspecified atom stereocenters. The molecule has 1 aromatic rings. The van der Waals surface area contributed by atoms with E-state index in [-0.39, 0.29) is 11.7 Å². The Hall–Kier alpha value is -1.68. The first-order valence-corrected chi connectivity index (χ1v) is 4.76. The fraction of sp³-hybridized carbons (Fsp3) is 0.273. The first-order valence-electron chi connectivity index (χ1n) is 4.76. The summed E-state index contributed by atoms with van der Waals surface area (Å²) in [6, 6.07) is 6.28. The summed E-state index contributed by atoms with van der Waals surface area (Å²) in [4.78, 5) is 10.1. The van der Waals surface area contributed by atoms with Crippen molar-refractivity contribution in [2.24, 2.45) is 5.73 Å². The maximum absolute atomic E-state index is 10.5. The molecule has 4 heteroatoms. The van der Waals surface area contributed by atoms with Gasteiger partial charge in [-0.3, -0.25) is 10.1 Å². The molecule has 0 fully saturated rings. The van der Waals surface area contributed by atoms with Crippen LogP contribution in [-0.2, 0) is 0 Å². The molecule has 0 spiro atoms. The highest BCUT2D eigenvalue weighted by molar-refractivity contribution is 5.35. The molecule has 1 rings (SSSR count). The van der Waals surface area contributed by atoms with E-state index in [0.717, 1.165) is 18.4 Å². The van der Waals surface area contributed by atoms with Gasteiger partial charge in [0, 0.05) is 18.2 Å². The largest absolute Gasteiger partial charge is 0.324 e. The smallest absolute Gasteiger partial charge is 0.269 e. The van der Waals surface area contributed by atoms with Crippen LogP contribution in [0.5, 0.6) is 0 Å². The van der Waals surface area contributed by atoms with Gasteiger partial charge in [-0.05, 0) is 18.4 Å². The molecule has 0 saturated heterocycles. The lowest BCUT2D eigenvalue weighted by Crippen LogP contribution is -2.09. The number of hydrogen-bond acceptors (Lipinski definition) is 3. The maximum atomic E-state index is 10.5. The molecular weight excluding hydrogens is 192 g/mol. The van der Waals surface area contributed by atoms with E-state index >= 15 is 0 Å². The van der Waals surface area contributed by atoms with E-state index in [1.54, 1.807) is 18.2 Å². The zero-order valence-electron chi connectivity index (χ0n) is 8.43. The van der Waals surface area contributed by atoms with Crippen LogP contribution in [0, 0.1) is 10.1 Å². The van der Waals surface area contributed by atoms with Gasteiger partial charge in [-0.25, -0.2) is 0 Å². The van der Waals surface area contributed by atoms with Crippen molar-refractivity contribution in [1.29, 1.82) is 0 Å². The van der Waals surface area contributed by atoms with E-state index in [2.05, 4.69) is 6.58 Å². The number of nitrogens with two attached hydrogens (primary N) is 1. The van der Waals surface area contributed by atoms with E-state index in [0.29, 0.717) is 0 Å². The van der Waals surface area contributed by atoms with E-state index in [1.807, 2.05) is 0 Å². The van der Waals surface area contributed by atoms with Crippen molar-refractivity contribution in [1.82, 2.24) is 0 Å². The summed E-state index contributed by atoms with van der Waals surface area (Å²) in [5.74, 6) is 0. The van der Waals surface area contributed by atoms with Gasteiger partial charge in [0.2, 0.25) is 0 Å². The van der Waals surface area contributed by atoms with Gasteiger partial charge < -0.3 is 5.73 Å². The van der Waals surface area contributed by atoms with Crippen LogP contribution in [0.25, 0.3) is 0 Å². The van der Waals surface area contributed by atoms with Crippen LogP contribution in [0.1, 0.15) is 24.4 Å². The number of nitro groups is 1. The van der Waals surface area contributed by atoms with Crippen molar-refractivity contribution in [3.8, 4) is 0 Å². The summed E-state index contributed by atoms with van der Waals surface area (Å²) >= 11 is 0. The zero-order chi connectivity index (χ0) is 11.3. The highest BCUT2D eigenvalue weighted by Crippen LogP contribution is 2.20. The molecule has 0 aromatic heterocycles. The van der Waals surface area contributed by atoms with Crippen molar-refractivity contribution in [3.63, 3.8) is 0 Å². The Labute approximate surface area is 88.6 Å². The van der Waals surface area contributed by atoms with Crippen LogP contribution in [0.2, 0.25) is 0 Å². The standard InChI is InChI=1S/C11H14N2O2/c1-2-3-7-11(12)9-5-4-6-10(8-9)13(14)15/h2,4-6,8,11H,1,3,7,12H2/t11-/m1/s1. The minimum atomic E-state index is -0.413.